The first-order valence-corrected chi connectivity index (χ1v) is 8.71. The Kier molecular flexibility index (Phi) is 4.31. The molecule has 25 heavy (non-hydrogen) atoms. The standard InChI is InChI=1S/C18H18ClFN4O/c19-14-9-11(1-6-15(14)20)16-10-24-8-7-21-18(24)17(23-16)22-12-2-4-13(25)5-3-12/h1,6-10,12-13,25H,2-5H2,(H,22,23). The summed E-state index contributed by atoms with van der Waals surface area (Å²) in [5, 5.41) is 13.2. The van der Waals surface area contributed by atoms with Gasteiger partial charge in [0.25, 0.3) is 0 Å². The second-order valence-corrected chi connectivity index (χ2v) is 6.82. The van der Waals surface area contributed by atoms with E-state index in [4.69, 9.17) is 11.6 Å². The second kappa shape index (κ2) is 6.61. The van der Waals surface area contributed by atoms with Gasteiger partial charge in [0.05, 0.1) is 16.8 Å². The summed E-state index contributed by atoms with van der Waals surface area (Å²) in [4.78, 5) is 9.06. The van der Waals surface area contributed by atoms with Crippen LogP contribution in [0.1, 0.15) is 25.7 Å². The number of hydrogen-bond acceptors (Lipinski definition) is 4. The van der Waals surface area contributed by atoms with Gasteiger partial charge in [-0.2, -0.15) is 0 Å². The van der Waals surface area contributed by atoms with Gasteiger partial charge in [0.2, 0.25) is 0 Å². The van der Waals surface area contributed by atoms with E-state index < -0.39 is 5.82 Å². The van der Waals surface area contributed by atoms with Crippen molar-refractivity contribution in [2.24, 2.45) is 0 Å². The Morgan fingerprint density at radius 3 is 2.80 bits per heavy atom. The Morgan fingerprint density at radius 1 is 1.24 bits per heavy atom. The molecule has 0 radical (unpaired) electrons. The van der Waals surface area contributed by atoms with Crippen LogP contribution in [0.2, 0.25) is 5.02 Å². The average Bonchev–Trinajstić information content (AvgIpc) is 3.08. The van der Waals surface area contributed by atoms with Crippen LogP contribution in [0, 0.1) is 5.82 Å². The Balaban J connectivity index is 1.70. The molecule has 2 heterocycles. The van der Waals surface area contributed by atoms with Gasteiger partial charge in [0.1, 0.15) is 5.82 Å². The van der Waals surface area contributed by atoms with Gasteiger partial charge in [-0.05, 0) is 43.9 Å². The first kappa shape index (κ1) is 16.3. The third-order valence-corrected chi connectivity index (χ3v) is 4.92. The molecule has 7 heteroatoms. The van der Waals surface area contributed by atoms with Crippen molar-refractivity contribution in [3.8, 4) is 11.3 Å². The zero-order chi connectivity index (χ0) is 17.4. The number of aliphatic hydroxyl groups excluding tert-OH is 1. The van der Waals surface area contributed by atoms with Crippen molar-refractivity contribution in [3.05, 3.63) is 47.6 Å². The highest BCUT2D eigenvalue weighted by Gasteiger charge is 2.21. The topological polar surface area (TPSA) is 62.5 Å². The molecule has 2 aromatic heterocycles. The van der Waals surface area contributed by atoms with Gasteiger partial charge in [-0.1, -0.05) is 11.6 Å². The van der Waals surface area contributed by atoms with E-state index in [0.29, 0.717) is 11.5 Å². The number of halogens is 2. The van der Waals surface area contributed by atoms with E-state index in [2.05, 4.69) is 15.3 Å². The Labute approximate surface area is 149 Å². The molecule has 130 valence electrons. The van der Waals surface area contributed by atoms with Gasteiger partial charge < -0.3 is 14.8 Å². The Bertz CT molecular complexity index is 905. The molecular weight excluding hydrogens is 343 g/mol. The number of fused-ring (bicyclic) bond motifs is 1. The molecule has 1 aliphatic rings. The summed E-state index contributed by atoms with van der Waals surface area (Å²) in [5.41, 5.74) is 2.16. The van der Waals surface area contributed by atoms with E-state index in [1.54, 1.807) is 18.3 Å². The maximum absolute atomic E-state index is 13.4. The number of imidazole rings is 1. The number of aliphatic hydroxyl groups is 1. The molecule has 1 aromatic carbocycles. The van der Waals surface area contributed by atoms with Gasteiger partial charge in [-0.3, -0.25) is 0 Å². The normalized spacial score (nSPS) is 20.8. The highest BCUT2D eigenvalue weighted by Crippen LogP contribution is 2.28. The lowest BCUT2D eigenvalue weighted by molar-refractivity contribution is 0.126. The summed E-state index contributed by atoms with van der Waals surface area (Å²) in [6.07, 6.45) is 8.57. The van der Waals surface area contributed by atoms with E-state index in [1.807, 2.05) is 16.8 Å². The summed E-state index contributed by atoms with van der Waals surface area (Å²) in [5.74, 6) is 0.234. The maximum atomic E-state index is 13.4. The van der Waals surface area contributed by atoms with Gasteiger partial charge in [0.15, 0.2) is 11.5 Å². The fourth-order valence-electron chi connectivity index (χ4n) is 3.24. The maximum Gasteiger partial charge on any atom is 0.180 e. The third kappa shape index (κ3) is 3.32. The number of hydrogen-bond donors (Lipinski definition) is 2. The second-order valence-electron chi connectivity index (χ2n) is 6.41. The van der Waals surface area contributed by atoms with Crippen LogP contribution in [0.3, 0.4) is 0 Å². The lowest BCUT2D eigenvalue weighted by Gasteiger charge is -2.26. The predicted molar refractivity (Wildman–Crippen MR) is 95.3 cm³/mol. The monoisotopic (exact) mass is 360 g/mol. The number of nitrogens with one attached hydrogen (secondary N) is 1. The van der Waals surface area contributed by atoms with E-state index in [0.717, 1.165) is 36.9 Å². The first-order valence-electron chi connectivity index (χ1n) is 8.34. The molecule has 0 bridgehead atoms. The average molecular weight is 361 g/mol. The molecule has 0 spiro atoms. The van der Waals surface area contributed by atoms with Crippen molar-refractivity contribution < 1.29 is 9.50 Å². The van der Waals surface area contributed by atoms with Crippen molar-refractivity contribution in [1.29, 1.82) is 0 Å². The van der Waals surface area contributed by atoms with Crippen LogP contribution in [0.4, 0.5) is 10.2 Å². The van der Waals surface area contributed by atoms with Crippen LogP contribution in [-0.2, 0) is 0 Å². The Hall–Kier alpha value is -2.18. The highest BCUT2D eigenvalue weighted by atomic mass is 35.5. The third-order valence-electron chi connectivity index (χ3n) is 4.63. The first-order chi connectivity index (χ1) is 12.1. The lowest BCUT2D eigenvalue weighted by atomic mass is 9.93. The molecule has 4 rings (SSSR count). The summed E-state index contributed by atoms with van der Waals surface area (Å²) >= 11 is 5.91. The van der Waals surface area contributed by atoms with E-state index in [-0.39, 0.29) is 17.2 Å². The highest BCUT2D eigenvalue weighted by molar-refractivity contribution is 6.31. The fourth-order valence-corrected chi connectivity index (χ4v) is 3.42. The van der Waals surface area contributed by atoms with E-state index in [9.17, 15) is 9.50 Å². The molecule has 1 fully saturated rings. The van der Waals surface area contributed by atoms with Crippen LogP contribution in [-0.4, -0.2) is 31.6 Å². The minimum absolute atomic E-state index is 0.0702. The number of benzene rings is 1. The van der Waals surface area contributed by atoms with Crippen molar-refractivity contribution in [2.75, 3.05) is 5.32 Å². The van der Waals surface area contributed by atoms with Gasteiger partial charge in [-0.15, -0.1) is 0 Å². The van der Waals surface area contributed by atoms with Crippen LogP contribution in [0.15, 0.2) is 36.8 Å². The number of nitrogens with zero attached hydrogens (tertiary/aromatic N) is 3. The quantitative estimate of drug-likeness (QED) is 0.743. The lowest BCUT2D eigenvalue weighted by Crippen LogP contribution is -2.28. The van der Waals surface area contributed by atoms with Crippen LogP contribution >= 0.6 is 11.6 Å². The molecule has 0 atom stereocenters. The molecule has 5 nitrogen and oxygen atoms in total. The summed E-state index contributed by atoms with van der Waals surface area (Å²) in [6.45, 7) is 0. The zero-order valence-corrected chi connectivity index (χ0v) is 14.2. The molecular formula is C18H18ClFN4O. The molecule has 1 saturated carbocycles. The molecule has 0 saturated heterocycles. The van der Waals surface area contributed by atoms with Crippen molar-refractivity contribution in [2.45, 2.75) is 37.8 Å². The smallest absolute Gasteiger partial charge is 0.180 e. The summed E-state index contributed by atoms with van der Waals surface area (Å²) in [6, 6.07) is 4.83. The van der Waals surface area contributed by atoms with Crippen LogP contribution < -0.4 is 5.32 Å². The summed E-state index contributed by atoms with van der Waals surface area (Å²) < 4.78 is 15.3. The zero-order valence-electron chi connectivity index (χ0n) is 13.5. The van der Waals surface area contributed by atoms with Crippen LogP contribution in [0.5, 0.6) is 0 Å². The number of rotatable bonds is 3. The van der Waals surface area contributed by atoms with Crippen molar-refractivity contribution in [3.63, 3.8) is 0 Å². The minimum Gasteiger partial charge on any atom is -0.393 e. The van der Waals surface area contributed by atoms with Crippen molar-refractivity contribution in [1.82, 2.24) is 14.4 Å². The molecule has 1 aliphatic carbocycles. The molecule has 0 amide bonds. The molecule has 2 N–H and O–H groups in total. The number of aromatic nitrogens is 3. The molecule has 0 unspecified atom stereocenters. The van der Waals surface area contributed by atoms with Crippen LogP contribution in [0.25, 0.3) is 16.9 Å². The van der Waals surface area contributed by atoms with Crippen molar-refractivity contribution >= 4 is 23.1 Å². The SMILES string of the molecule is OC1CCC(Nc2nc(-c3ccc(F)c(Cl)c3)cn3ccnc23)CC1. The molecule has 3 aromatic rings. The minimum atomic E-state index is -0.451. The number of anilines is 1. The van der Waals surface area contributed by atoms with E-state index in [1.165, 1.54) is 6.07 Å². The van der Waals surface area contributed by atoms with Gasteiger partial charge in [0, 0.05) is 30.2 Å². The predicted octanol–water partition coefficient (Wildman–Crippen LogP) is 3.90. The fraction of sp³-hybridized carbons (Fsp3) is 0.333. The largest absolute Gasteiger partial charge is 0.393 e. The van der Waals surface area contributed by atoms with Gasteiger partial charge >= 0.3 is 0 Å². The molecule has 0 aliphatic heterocycles. The van der Waals surface area contributed by atoms with Gasteiger partial charge in [-0.25, -0.2) is 14.4 Å². The van der Waals surface area contributed by atoms with E-state index >= 15 is 0 Å². The Morgan fingerprint density at radius 2 is 2.04 bits per heavy atom. The summed E-state index contributed by atoms with van der Waals surface area (Å²) in [7, 11) is 0.